The van der Waals surface area contributed by atoms with Crippen LogP contribution in [-0.2, 0) is 57.8 Å². The summed E-state index contributed by atoms with van der Waals surface area (Å²) in [5.41, 5.74) is -2.11. The van der Waals surface area contributed by atoms with Crippen LogP contribution in [0.25, 0.3) is 0 Å². The van der Waals surface area contributed by atoms with Crippen molar-refractivity contribution in [3.8, 4) is 17.6 Å². The third-order valence-corrected chi connectivity index (χ3v) is 23.1. The summed E-state index contributed by atoms with van der Waals surface area (Å²) in [6, 6.07) is 36.1. The molecule has 0 amide bonds. The van der Waals surface area contributed by atoms with Crippen molar-refractivity contribution in [1.82, 2.24) is 0 Å². The maximum Gasteiger partial charge on any atom is 0.316 e. The number of aryl methyl sites for hydroxylation is 4. The Bertz CT molecular complexity index is 4510. The third kappa shape index (κ3) is 25.5. The van der Waals surface area contributed by atoms with Gasteiger partial charge in [0, 0.05) is 94.4 Å². The Morgan fingerprint density at radius 1 is 0.385 bits per heavy atom. The Kier molecular flexibility index (Phi) is 31.5. The fraction of sp³-hybridized carbons (Fsp3) is 0.460. The lowest BCUT2D eigenvalue weighted by atomic mass is 9.68. The summed E-state index contributed by atoms with van der Waals surface area (Å²) >= 11 is 3.16. The van der Waals surface area contributed by atoms with Crippen LogP contribution in [-0.4, -0.2) is 84.8 Å². The molecule has 11 nitrogen and oxygen atoms in total. The average Bonchev–Trinajstić information content (AvgIpc) is 0.769. The fourth-order valence-electron chi connectivity index (χ4n) is 14.4. The number of carboxylic acids is 2. The second kappa shape index (κ2) is 38.7. The van der Waals surface area contributed by atoms with Crippen LogP contribution in [0, 0.1) is 73.9 Å². The first-order valence-electron chi connectivity index (χ1n) is 37.7. The first kappa shape index (κ1) is 95.0. The van der Waals surface area contributed by atoms with Crippen molar-refractivity contribution < 1.29 is 128 Å². The van der Waals surface area contributed by atoms with Gasteiger partial charge in [0.05, 0.1) is 33.3 Å². The van der Waals surface area contributed by atoms with Gasteiger partial charge in [0.1, 0.15) is 35.7 Å². The van der Waals surface area contributed by atoms with Gasteiger partial charge in [-0.05, 0) is 202 Å². The highest BCUT2D eigenvalue weighted by Gasteiger charge is 2.53. The number of phenolic OH excluding ortho intramolecular Hbond substituents is 2. The van der Waals surface area contributed by atoms with Crippen molar-refractivity contribution in [3.05, 3.63) is 235 Å². The van der Waals surface area contributed by atoms with E-state index in [1.807, 2.05) is 12.1 Å². The minimum Gasteiger partial charge on any atom is -0.505 e. The van der Waals surface area contributed by atoms with Crippen molar-refractivity contribution in [2.75, 3.05) is 0 Å². The third-order valence-electron chi connectivity index (χ3n) is 22.6. The number of benzene rings is 7. The molecule has 0 unspecified atom stereocenters. The quantitative estimate of drug-likeness (QED) is 0.0644. The number of aliphatic hydroxyl groups is 1. The number of alkyl halides is 12. The van der Waals surface area contributed by atoms with Crippen molar-refractivity contribution in [2.24, 2.45) is 0 Å². The van der Waals surface area contributed by atoms with Crippen LogP contribution in [0.1, 0.15) is 210 Å². The fourth-order valence-corrected chi connectivity index (χ4v) is 14.7. The Hall–Kier alpha value is -9.11. The van der Waals surface area contributed by atoms with Gasteiger partial charge in [-0.2, -0.15) is 5.26 Å². The van der Waals surface area contributed by atoms with Crippen LogP contribution in [0.5, 0.6) is 11.5 Å². The summed E-state index contributed by atoms with van der Waals surface area (Å²) in [6.45, 7) is 6.58. The molecule has 6 fully saturated rings. The number of carboxylic acid groups (broad SMARTS) is 2. The molecule has 13 rings (SSSR count). The van der Waals surface area contributed by atoms with E-state index in [1.165, 1.54) is 42.5 Å². The molecule has 30 heteroatoms. The molecule has 117 heavy (non-hydrogen) atoms. The van der Waals surface area contributed by atoms with Crippen molar-refractivity contribution in [3.63, 3.8) is 0 Å². The summed E-state index contributed by atoms with van der Waals surface area (Å²) in [4.78, 5) is 46.2. The Morgan fingerprint density at radius 3 is 1.03 bits per heavy atom. The molecule has 0 aliphatic heterocycles. The zero-order valence-corrected chi connectivity index (χ0v) is 65.9. The summed E-state index contributed by atoms with van der Waals surface area (Å²) < 4.78 is 243. The molecule has 0 aromatic heterocycles. The number of halogens is 19. The van der Waals surface area contributed by atoms with E-state index in [0.717, 1.165) is 40.4 Å². The number of hydrogen-bond acceptors (Lipinski definition) is 9. The standard InChI is InChI=1S/C20H19F3O3.C14H14F3N.C14H15F3O2.C13H13F3O3.C13H15F3O.C7H6BrF.C6H8F2O/c21-16-12-15(6-7-17(16)24)19(8-10-20(22,23)11-9-19)18(25)26-13-14-4-2-1-3-5-14;1-10-2-3-11(8-12(10)15)13(9-18)4-6-14(16,17)7-5-13;1-9-2-3-10(8-11(9)15)13(12(18)19)4-6-14(16,17)7-5-13;14-9-7-8(1-2-10(9)17)12(11(18)19)3-5-13(15,16)6-4-12;1-9-2-3-10(8-11(9)14)12(17)4-6-13(15,16)7-5-12;1-5-2-3-6(8)4-7(5)9;7-6(8)3-1-5(9)2-4-6/h1-7,12,24H,8-11,13H2;2-3,8H,4-7H2,1H3;2-3,8H,4-7H2,1H3,(H,18,19);1-2,7,17H,3-6H2,(H,18,19);2-3,8,17H,4-7H2,1H3;2-4H,1H3;1-4H2. The number of Topliss-reactive ketones (excluding diaryl/α,β-unsaturated/α-hetero) is 1. The molecule has 636 valence electrons. The number of phenols is 2. The van der Waals surface area contributed by atoms with Crippen LogP contribution < -0.4 is 0 Å². The van der Waals surface area contributed by atoms with E-state index in [0.29, 0.717) is 33.4 Å². The van der Waals surface area contributed by atoms with Crippen LogP contribution in [0.15, 0.2) is 144 Å². The number of ether oxygens (including phenoxy) is 1. The van der Waals surface area contributed by atoms with Crippen LogP contribution >= 0.6 is 15.9 Å². The normalized spacial score (nSPS) is 20.2. The summed E-state index contributed by atoms with van der Waals surface area (Å²) in [6.07, 6.45) is -5.67. The summed E-state index contributed by atoms with van der Waals surface area (Å²) in [5, 5.41) is 56.8. The summed E-state index contributed by atoms with van der Waals surface area (Å²) in [7, 11) is 0. The van der Waals surface area contributed by atoms with Gasteiger partial charge in [-0.1, -0.05) is 101 Å². The van der Waals surface area contributed by atoms with Crippen LogP contribution in [0.2, 0.25) is 0 Å². The van der Waals surface area contributed by atoms with Gasteiger partial charge in [0.2, 0.25) is 35.5 Å². The molecular weight excluding hydrogens is 1640 g/mol. The molecule has 0 bridgehead atoms. The second-order valence-corrected chi connectivity index (χ2v) is 31.9. The van der Waals surface area contributed by atoms with Crippen molar-refractivity contribution >= 4 is 39.6 Å². The number of carbonyl (C=O) groups excluding carboxylic acids is 2. The van der Waals surface area contributed by atoms with Crippen LogP contribution in [0.3, 0.4) is 0 Å². The average molecular weight is 1730 g/mol. The lowest BCUT2D eigenvalue weighted by molar-refractivity contribution is -0.157. The van der Waals surface area contributed by atoms with E-state index in [-0.39, 0.29) is 156 Å². The van der Waals surface area contributed by atoms with E-state index in [1.54, 1.807) is 82.3 Å². The van der Waals surface area contributed by atoms with E-state index in [4.69, 9.17) is 9.84 Å². The number of aromatic hydroxyl groups is 2. The summed E-state index contributed by atoms with van der Waals surface area (Å²) in [5.74, 6) is -24.0. The number of ketones is 1. The number of nitriles is 1. The predicted molar refractivity (Wildman–Crippen MR) is 402 cm³/mol. The molecule has 6 aliphatic rings. The topological polar surface area (TPSA) is 202 Å². The minimum atomic E-state index is -2.87. The van der Waals surface area contributed by atoms with E-state index in [9.17, 15) is 124 Å². The highest BCUT2D eigenvalue weighted by molar-refractivity contribution is 9.10. The smallest absolute Gasteiger partial charge is 0.316 e. The Labute approximate surface area is 673 Å². The molecule has 0 radical (unpaired) electrons. The molecular formula is C87H90BrF18NO10. The molecule has 6 saturated carbocycles. The maximum atomic E-state index is 13.8. The lowest BCUT2D eigenvalue weighted by Crippen LogP contribution is -2.43. The number of nitrogens with zero attached hydrogens (tertiary/aromatic N) is 1. The van der Waals surface area contributed by atoms with Crippen LogP contribution in [0.4, 0.5) is 79.0 Å². The first-order chi connectivity index (χ1) is 54.4. The van der Waals surface area contributed by atoms with Gasteiger partial charge in [0.25, 0.3) is 0 Å². The number of aliphatic carboxylic acids is 2. The molecule has 7 aromatic carbocycles. The second-order valence-electron chi connectivity index (χ2n) is 30.9. The maximum absolute atomic E-state index is 13.8. The number of hydrogen-bond donors (Lipinski definition) is 5. The molecule has 5 N–H and O–H groups in total. The molecule has 0 atom stereocenters. The van der Waals surface area contributed by atoms with Crippen molar-refractivity contribution in [2.45, 2.75) is 251 Å². The molecule has 0 saturated heterocycles. The number of esters is 1. The zero-order chi connectivity index (χ0) is 87.1. The van der Waals surface area contributed by atoms with Gasteiger partial charge in [0.15, 0.2) is 23.1 Å². The number of rotatable bonds is 10. The largest absolute Gasteiger partial charge is 0.505 e. The Balaban J connectivity index is 0.000000193. The monoisotopic (exact) mass is 1730 g/mol. The van der Waals surface area contributed by atoms with Crippen molar-refractivity contribution in [1.29, 1.82) is 5.26 Å². The van der Waals surface area contributed by atoms with E-state index in [2.05, 4.69) is 22.0 Å². The van der Waals surface area contributed by atoms with Gasteiger partial charge in [-0.3, -0.25) is 19.2 Å². The Morgan fingerprint density at radius 2 is 0.684 bits per heavy atom. The zero-order valence-electron chi connectivity index (χ0n) is 64.4. The molecule has 6 aliphatic carbocycles. The molecule has 0 heterocycles. The first-order valence-corrected chi connectivity index (χ1v) is 38.5. The van der Waals surface area contributed by atoms with E-state index >= 15 is 0 Å². The van der Waals surface area contributed by atoms with E-state index < -0.39 is 154 Å². The van der Waals surface area contributed by atoms with Gasteiger partial charge < -0.3 is 30.3 Å². The molecule has 7 aromatic rings. The predicted octanol–water partition coefficient (Wildman–Crippen LogP) is 23.7. The van der Waals surface area contributed by atoms with Gasteiger partial charge in [-0.15, -0.1) is 0 Å². The SMILES string of the molecule is Cc1ccc(Br)cc1F.Cc1ccc(C2(C#N)CCC(F)(F)CC2)cc1F.Cc1ccc(C2(C(=O)O)CCC(F)(F)CC2)cc1F.Cc1ccc(C2(O)CCC(F)(F)CC2)cc1F.O=C(O)C1(c2ccc(O)c(F)c2)CCC(F)(F)CC1.O=C(OCc1ccccc1)C1(c2ccc(O)c(F)c2)CCC(F)(F)CC1.O=C1CCC(F)(F)CC1. The minimum absolute atomic E-state index is 0.0123. The molecule has 0 spiro atoms. The lowest BCUT2D eigenvalue weighted by Gasteiger charge is -2.38. The van der Waals surface area contributed by atoms with Gasteiger partial charge >= 0.3 is 17.9 Å². The highest BCUT2D eigenvalue weighted by atomic mass is 79.9. The number of carbonyl (C=O) groups is 4. The van der Waals surface area contributed by atoms with Gasteiger partial charge in [-0.25, -0.2) is 79.0 Å². The highest BCUT2D eigenvalue weighted by Crippen LogP contribution is 2.51.